The zero-order valence-corrected chi connectivity index (χ0v) is 19.8. The van der Waals surface area contributed by atoms with E-state index in [4.69, 9.17) is 4.74 Å². The van der Waals surface area contributed by atoms with Crippen molar-refractivity contribution in [2.75, 3.05) is 12.9 Å². The molecule has 1 amide bonds. The average Bonchev–Trinajstić information content (AvgIpc) is 3.81. The Hall–Kier alpha value is -3.26. The Morgan fingerprint density at radius 1 is 1.15 bits per heavy atom. The van der Waals surface area contributed by atoms with E-state index in [-0.39, 0.29) is 11.9 Å². The number of aromatic amines is 1. The molecule has 0 saturated heterocycles. The van der Waals surface area contributed by atoms with E-state index in [0.29, 0.717) is 17.7 Å². The lowest BCUT2D eigenvalue weighted by Gasteiger charge is -2.19. The summed E-state index contributed by atoms with van der Waals surface area (Å²) in [6.45, 7) is 0. The number of benzene rings is 2. The van der Waals surface area contributed by atoms with Gasteiger partial charge in [0.05, 0.1) is 18.9 Å². The molecule has 8 heteroatoms. The van der Waals surface area contributed by atoms with Gasteiger partial charge in [-0.2, -0.15) is 0 Å². The minimum atomic E-state index is 0.0247. The van der Waals surface area contributed by atoms with E-state index in [0.717, 1.165) is 64.4 Å². The molecule has 7 nitrogen and oxygen atoms in total. The highest BCUT2D eigenvalue weighted by atomic mass is 32.2. The molecule has 2 heterocycles. The van der Waals surface area contributed by atoms with Crippen LogP contribution in [-0.4, -0.2) is 38.5 Å². The van der Waals surface area contributed by atoms with Gasteiger partial charge >= 0.3 is 0 Å². The number of fused-ring (bicyclic) bond motifs is 1. The molecule has 4 aromatic rings. The fraction of sp³-hybridized carbons (Fsp3) is 0.346. The van der Waals surface area contributed by atoms with Crippen molar-refractivity contribution in [3.63, 3.8) is 0 Å². The molecule has 0 aliphatic heterocycles. The van der Waals surface area contributed by atoms with Crippen LogP contribution < -0.4 is 10.1 Å². The van der Waals surface area contributed by atoms with Gasteiger partial charge in [0.1, 0.15) is 5.75 Å². The van der Waals surface area contributed by atoms with Crippen LogP contribution in [0.25, 0.3) is 22.3 Å². The second-order valence-electron chi connectivity index (χ2n) is 9.10. The lowest BCUT2D eigenvalue weighted by molar-refractivity contribution is -0.119. The first-order valence-corrected chi connectivity index (χ1v) is 12.8. The normalized spacial score (nSPS) is 16.5. The third kappa shape index (κ3) is 4.18. The van der Waals surface area contributed by atoms with E-state index >= 15 is 0 Å². The highest BCUT2D eigenvalue weighted by molar-refractivity contribution is 7.99. The molecular weight excluding hydrogens is 446 g/mol. The molecular formula is C26H27N5O2S. The third-order valence-electron chi connectivity index (χ3n) is 6.62. The van der Waals surface area contributed by atoms with Crippen LogP contribution in [0.5, 0.6) is 5.75 Å². The van der Waals surface area contributed by atoms with Gasteiger partial charge in [0.15, 0.2) is 11.0 Å². The summed E-state index contributed by atoms with van der Waals surface area (Å²) in [5.74, 6) is 2.54. The molecule has 1 unspecified atom stereocenters. The van der Waals surface area contributed by atoms with Crippen molar-refractivity contribution in [1.82, 2.24) is 25.1 Å². The smallest absolute Gasteiger partial charge is 0.230 e. The van der Waals surface area contributed by atoms with Crippen LogP contribution in [0.4, 0.5) is 0 Å². The lowest BCUT2D eigenvalue weighted by Crippen LogP contribution is -2.31. The summed E-state index contributed by atoms with van der Waals surface area (Å²) in [4.78, 5) is 16.3. The Morgan fingerprint density at radius 2 is 1.94 bits per heavy atom. The number of methoxy groups -OCH3 is 1. The van der Waals surface area contributed by atoms with Gasteiger partial charge < -0.3 is 15.0 Å². The van der Waals surface area contributed by atoms with Gasteiger partial charge in [-0.15, -0.1) is 10.2 Å². The monoisotopic (exact) mass is 473 g/mol. The molecule has 2 fully saturated rings. The number of carbonyl (C=O) groups is 1. The predicted octanol–water partition coefficient (Wildman–Crippen LogP) is 5.13. The number of carbonyl (C=O) groups excluding carboxylic acids is 1. The van der Waals surface area contributed by atoms with E-state index in [1.165, 1.54) is 11.8 Å². The summed E-state index contributed by atoms with van der Waals surface area (Å²) in [5.41, 5.74) is 3.27. The molecule has 174 valence electrons. The van der Waals surface area contributed by atoms with Crippen molar-refractivity contribution in [3.05, 3.63) is 60.3 Å². The number of thioether (sulfide) groups is 1. The van der Waals surface area contributed by atoms with Gasteiger partial charge in [-0.25, -0.2) is 0 Å². The van der Waals surface area contributed by atoms with E-state index in [1.807, 2.05) is 42.6 Å². The van der Waals surface area contributed by atoms with Crippen molar-refractivity contribution in [3.8, 4) is 17.1 Å². The molecule has 2 aromatic carbocycles. The summed E-state index contributed by atoms with van der Waals surface area (Å²) in [6, 6.07) is 16.7. The number of aromatic nitrogens is 4. The SMILES string of the molecule is COc1ccc(C(NC(=O)CSc2nnc(-c3c[nH]c4ccccc34)n2C2CC2)C2CC2)cc1. The largest absolute Gasteiger partial charge is 0.497 e. The molecule has 2 N–H and O–H groups in total. The summed E-state index contributed by atoms with van der Waals surface area (Å²) >= 11 is 1.47. The van der Waals surface area contributed by atoms with Crippen LogP contribution in [-0.2, 0) is 4.79 Å². The van der Waals surface area contributed by atoms with Gasteiger partial charge in [-0.05, 0) is 55.4 Å². The number of amides is 1. The zero-order chi connectivity index (χ0) is 23.1. The summed E-state index contributed by atoms with van der Waals surface area (Å²) in [6.07, 6.45) is 6.54. The van der Waals surface area contributed by atoms with Crippen LogP contribution in [0.15, 0.2) is 59.9 Å². The van der Waals surface area contributed by atoms with Crippen LogP contribution >= 0.6 is 11.8 Å². The number of H-pyrrole nitrogens is 1. The first-order chi connectivity index (χ1) is 16.7. The van der Waals surface area contributed by atoms with Crippen molar-refractivity contribution >= 4 is 28.6 Å². The van der Waals surface area contributed by atoms with Crippen LogP contribution in [0.2, 0.25) is 0 Å². The zero-order valence-electron chi connectivity index (χ0n) is 19.0. The molecule has 2 saturated carbocycles. The maximum atomic E-state index is 12.9. The van der Waals surface area contributed by atoms with Gasteiger partial charge in [0, 0.05) is 28.7 Å². The Kier molecular flexibility index (Phi) is 5.53. The number of para-hydroxylation sites is 1. The highest BCUT2D eigenvalue weighted by Crippen LogP contribution is 2.43. The Labute approximate surface area is 202 Å². The fourth-order valence-corrected chi connectivity index (χ4v) is 5.35. The Bertz CT molecular complexity index is 1320. The van der Waals surface area contributed by atoms with Crippen LogP contribution in [0, 0.1) is 5.92 Å². The molecule has 0 radical (unpaired) electrons. The first-order valence-electron chi connectivity index (χ1n) is 11.8. The number of nitrogens with zero attached hydrogens (tertiary/aromatic N) is 3. The van der Waals surface area contributed by atoms with Crippen molar-refractivity contribution in [1.29, 1.82) is 0 Å². The quantitative estimate of drug-likeness (QED) is 0.329. The number of hydrogen-bond acceptors (Lipinski definition) is 5. The number of nitrogens with one attached hydrogen (secondary N) is 2. The minimum absolute atomic E-state index is 0.0247. The Morgan fingerprint density at radius 3 is 2.68 bits per heavy atom. The number of ether oxygens (including phenoxy) is 1. The summed E-state index contributed by atoms with van der Waals surface area (Å²) in [7, 11) is 1.66. The predicted molar refractivity (Wildman–Crippen MR) is 133 cm³/mol. The van der Waals surface area contributed by atoms with E-state index in [2.05, 4.69) is 37.2 Å². The average molecular weight is 474 g/mol. The number of hydrogen-bond donors (Lipinski definition) is 2. The van der Waals surface area contributed by atoms with Gasteiger partial charge in [0.25, 0.3) is 0 Å². The second-order valence-corrected chi connectivity index (χ2v) is 10.0. The second kappa shape index (κ2) is 8.83. The van der Waals surface area contributed by atoms with Crippen LogP contribution in [0.1, 0.15) is 43.3 Å². The highest BCUT2D eigenvalue weighted by Gasteiger charge is 2.34. The Balaban J connectivity index is 1.18. The van der Waals surface area contributed by atoms with Crippen molar-refractivity contribution in [2.24, 2.45) is 5.92 Å². The summed E-state index contributed by atoms with van der Waals surface area (Å²) < 4.78 is 7.49. The number of rotatable bonds is 9. The molecule has 0 spiro atoms. The van der Waals surface area contributed by atoms with Crippen molar-refractivity contribution < 1.29 is 9.53 Å². The summed E-state index contributed by atoms with van der Waals surface area (Å²) in [5, 5.41) is 14.2. The molecule has 1 atom stereocenters. The molecule has 2 aliphatic carbocycles. The standard InChI is InChI=1S/C26H27N5O2S/c1-33-19-12-8-17(9-13-19)24(16-6-7-16)28-23(32)15-34-26-30-29-25(31(26)18-10-11-18)21-14-27-22-5-3-2-4-20(21)22/h2-5,8-9,12-14,16,18,24,27H,6-7,10-11,15H2,1H3,(H,28,32). The molecule has 2 aromatic heterocycles. The molecule has 2 aliphatic rings. The minimum Gasteiger partial charge on any atom is -0.497 e. The maximum absolute atomic E-state index is 12.9. The van der Waals surface area contributed by atoms with Crippen LogP contribution in [0.3, 0.4) is 0 Å². The maximum Gasteiger partial charge on any atom is 0.230 e. The third-order valence-corrected chi connectivity index (χ3v) is 7.57. The van der Waals surface area contributed by atoms with E-state index in [9.17, 15) is 4.79 Å². The van der Waals surface area contributed by atoms with E-state index < -0.39 is 0 Å². The fourth-order valence-electron chi connectivity index (χ4n) is 4.54. The van der Waals surface area contributed by atoms with Gasteiger partial charge in [-0.3, -0.25) is 9.36 Å². The van der Waals surface area contributed by atoms with Gasteiger partial charge in [-0.1, -0.05) is 42.1 Å². The van der Waals surface area contributed by atoms with Gasteiger partial charge in [0.2, 0.25) is 5.91 Å². The van der Waals surface area contributed by atoms with E-state index in [1.54, 1.807) is 7.11 Å². The molecule has 0 bridgehead atoms. The lowest BCUT2D eigenvalue weighted by atomic mass is 10.0. The first kappa shape index (κ1) is 21.3. The van der Waals surface area contributed by atoms with Crippen molar-refractivity contribution in [2.45, 2.75) is 42.9 Å². The topological polar surface area (TPSA) is 84.8 Å². The molecule has 34 heavy (non-hydrogen) atoms. The molecule has 6 rings (SSSR count).